The van der Waals surface area contributed by atoms with Crippen LogP contribution in [0.3, 0.4) is 0 Å². The maximum absolute atomic E-state index is 2.72. The molecule has 152 valence electrons. The number of para-hydroxylation sites is 2. The molecule has 0 N–H and O–H groups in total. The van der Waals surface area contributed by atoms with Crippen LogP contribution in [0.25, 0.3) is 27.5 Å². The minimum Gasteiger partial charge on any atom is -0.353 e. The molecule has 0 amide bonds. The number of benzene rings is 3. The van der Waals surface area contributed by atoms with E-state index >= 15 is 0 Å². The van der Waals surface area contributed by atoms with Crippen LogP contribution >= 0.6 is 0 Å². The summed E-state index contributed by atoms with van der Waals surface area (Å²) < 4.78 is 2.42. The van der Waals surface area contributed by atoms with Crippen molar-refractivity contribution in [1.29, 1.82) is 0 Å². The Morgan fingerprint density at radius 1 is 0.800 bits per heavy atom. The maximum atomic E-state index is 2.72. The number of hydrogen-bond acceptors (Lipinski definition) is 2. The highest BCUT2D eigenvalue weighted by molar-refractivity contribution is 6.10. The Kier molecular flexibility index (Phi) is 4.14. The lowest BCUT2D eigenvalue weighted by Gasteiger charge is -2.46. The first-order valence-corrected chi connectivity index (χ1v) is 11.3. The first-order valence-electron chi connectivity index (χ1n) is 11.3. The Labute approximate surface area is 178 Å². The lowest BCUT2D eigenvalue weighted by atomic mass is 10.0. The second-order valence-corrected chi connectivity index (χ2v) is 9.00. The minimum atomic E-state index is 0.477. The standard InChI is InChI=1S/C27H29N3/c1-19-17-27-24(18-26(19)29-20(2)28-15-8-11-22(29)14-16-28)23-12-6-7-13-25(23)30(27)21-9-4-3-5-10-21/h3-7,9-10,12-13,17-18,20,22H,8,11,14-16H2,1-2H3/t20-,22?/m0/s1. The van der Waals surface area contributed by atoms with Crippen LogP contribution < -0.4 is 4.90 Å². The topological polar surface area (TPSA) is 11.4 Å². The summed E-state index contributed by atoms with van der Waals surface area (Å²) in [6, 6.07) is 25.2. The van der Waals surface area contributed by atoms with E-state index in [1.807, 2.05) is 0 Å². The van der Waals surface area contributed by atoms with E-state index in [1.165, 1.54) is 71.1 Å². The molecule has 3 nitrogen and oxygen atoms in total. The SMILES string of the molecule is Cc1cc2c(cc1N1C3CCCN(CC3)[C@@H]1C)c1ccccc1n2-c1ccccc1. The van der Waals surface area contributed by atoms with Crippen molar-refractivity contribution in [2.75, 3.05) is 18.0 Å². The van der Waals surface area contributed by atoms with Crippen LogP contribution in [-0.4, -0.2) is 34.8 Å². The quantitative estimate of drug-likeness (QED) is 0.405. The molecule has 4 aromatic rings. The summed E-state index contributed by atoms with van der Waals surface area (Å²) in [5.41, 5.74) is 6.61. The monoisotopic (exact) mass is 395 g/mol. The molecule has 3 aliphatic rings. The molecule has 3 heteroatoms. The fourth-order valence-electron chi connectivity index (χ4n) is 5.87. The van der Waals surface area contributed by atoms with Gasteiger partial charge in [-0.2, -0.15) is 0 Å². The van der Waals surface area contributed by atoms with E-state index in [1.54, 1.807) is 0 Å². The number of fused-ring (bicyclic) bond motifs is 7. The zero-order valence-corrected chi connectivity index (χ0v) is 17.9. The normalized spacial score (nSPS) is 23.9. The Morgan fingerprint density at radius 3 is 2.47 bits per heavy atom. The summed E-state index contributed by atoms with van der Waals surface area (Å²) in [5.74, 6) is 0. The van der Waals surface area contributed by atoms with Crippen molar-refractivity contribution in [1.82, 2.24) is 9.47 Å². The second kappa shape index (κ2) is 6.88. The lowest BCUT2D eigenvalue weighted by Crippen LogP contribution is -2.55. The van der Waals surface area contributed by atoms with E-state index in [2.05, 4.69) is 94.9 Å². The van der Waals surface area contributed by atoms with E-state index in [0.29, 0.717) is 12.2 Å². The smallest absolute Gasteiger partial charge is 0.0795 e. The van der Waals surface area contributed by atoms with Crippen molar-refractivity contribution in [3.8, 4) is 5.69 Å². The van der Waals surface area contributed by atoms with Gasteiger partial charge in [0.25, 0.3) is 0 Å². The molecule has 30 heavy (non-hydrogen) atoms. The van der Waals surface area contributed by atoms with Gasteiger partial charge in [0.1, 0.15) is 0 Å². The number of aromatic nitrogens is 1. The Morgan fingerprint density at radius 2 is 1.60 bits per heavy atom. The van der Waals surface area contributed by atoms with Gasteiger partial charge in [-0.25, -0.2) is 0 Å². The van der Waals surface area contributed by atoms with Crippen molar-refractivity contribution in [2.24, 2.45) is 0 Å². The summed E-state index contributed by atoms with van der Waals surface area (Å²) in [4.78, 5) is 5.39. The molecule has 0 aliphatic carbocycles. The summed E-state index contributed by atoms with van der Waals surface area (Å²) >= 11 is 0. The molecule has 0 radical (unpaired) electrons. The fraction of sp³-hybridized carbons (Fsp3) is 0.333. The number of aryl methyl sites for hydroxylation is 1. The number of rotatable bonds is 2. The van der Waals surface area contributed by atoms with E-state index < -0.39 is 0 Å². The third-order valence-corrected chi connectivity index (χ3v) is 7.34. The van der Waals surface area contributed by atoms with Gasteiger partial charge < -0.3 is 9.47 Å². The highest BCUT2D eigenvalue weighted by Gasteiger charge is 2.36. The van der Waals surface area contributed by atoms with Gasteiger partial charge in [0.05, 0.1) is 17.2 Å². The largest absolute Gasteiger partial charge is 0.353 e. The molecule has 7 rings (SSSR count). The molecule has 3 fully saturated rings. The molecule has 3 atom stereocenters. The van der Waals surface area contributed by atoms with Gasteiger partial charge in [-0.05, 0) is 69.0 Å². The van der Waals surface area contributed by atoms with Crippen LogP contribution in [0.15, 0.2) is 66.7 Å². The lowest BCUT2D eigenvalue weighted by molar-refractivity contribution is 0.177. The van der Waals surface area contributed by atoms with E-state index in [-0.39, 0.29) is 0 Å². The Bertz CT molecular complexity index is 1220. The zero-order chi connectivity index (χ0) is 20.2. The van der Waals surface area contributed by atoms with E-state index in [0.717, 1.165) is 0 Å². The van der Waals surface area contributed by atoms with Gasteiger partial charge in [-0.15, -0.1) is 0 Å². The summed E-state index contributed by atoms with van der Waals surface area (Å²) in [7, 11) is 0. The van der Waals surface area contributed by atoms with Crippen LogP contribution in [0.1, 0.15) is 31.7 Å². The fourth-order valence-corrected chi connectivity index (χ4v) is 5.87. The van der Waals surface area contributed by atoms with Gasteiger partial charge in [-0.3, -0.25) is 4.90 Å². The Hall–Kier alpha value is -2.78. The average Bonchev–Trinajstić information content (AvgIpc) is 2.90. The van der Waals surface area contributed by atoms with Crippen LogP contribution in [0.4, 0.5) is 5.69 Å². The third kappa shape index (κ3) is 2.61. The van der Waals surface area contributed by atoms with Crippen LogP contribution in [-0.2, 0) is 0 Å². The highest BCUT2D eigenvalue weighted by atomic mass is 15.4. The first kappa shape index (κ1) is 18.0. The molecular weight excluding hydrogens is 366 g/mol. The van der Waals surface area contributed by atoms with Gasteiger partial charge in [0, 0.05) is 41.3 Å². The van der Waals surface area contributed by atoms with Crippen molar-refractivity contribution >= 4 is 27.5 Å². The summed E-state index contributed by atoms with van der Waals surface area (Å²) in [6.07, 6.45) is 4.39. The number of nitrogens with zero attached hydrogens (tertiary/aromatic N) is 3. The molecule has 3 saturated heterocycles. The van der Waals surface area contributed by atoms with Crippen molar-refractivity contribution in [2.45, 2.75) is 45.3 Å². The van der Waals surface area contributed by atoms with Crippen molar-refractivity contribution in [3.63, 3.8) is 0 Å². The van der Waals surface area contributed by atoms with E-state index in [9.17, 15) is 0 Å². The predicted octanol–water partition coefficient (Wildman–Crippen LogP) is 6.11. The Balaban J connectivity index is 1.61. The zero-order valence-electron chi connectivity index (χ0n) is 17.9. The summed E-state index contributed by atoms with van der Waals surface area (Å²) in [5, 5.41) is 2.70. The molecule has 3 aromatic carbocycles. The maximum Gasteiger partial charge on any atom is 0.0795 e. The molecule has 4 heterocycles. The van der Waals surface area contributed by atoms with Crippen LogP contribution in [0, 0.1) is 6.92 Å². The minimum absolute atomic E-state index is 0.477. The van der Waals surface area contributed by atoms with Gasteiger partial charge in [0.2, 0.25) is 0 Å². The number of anilines is 1. The molecule has 3 aliphatic heterocycles. The average molecular weight is 396 g/mol. The first-order chi connectivity index (χ1) is 14.7. The molecular formula is C27H29N3. The van der Waals surface area contributed by atoms with E-state index in [4.69, 9.17) is 0 Å². The van der Waals surface area contributed by atoms with Gasteiger partial charge >= 0.3 is 0 Å². The molecule has 0 spiro atoms. The predicted molar refractivity (Wildman–Crippen MR) is 127 cm³/mol. The molecule has 0 saturated carbocycles. The van der Waals surface area contributed by atoms with Crippen LogP contribution in [0.2, 0.25) is 0 Å². The highest BCUT2D eigenvalue weighted by Crippen LogP contribution is 2.40. The molecule has 2 unspecified atom stereocenters. The molecule has 1 aromatic heterocycles. The van der Waals surface area contributed by atoms with Gasteiger partial charge in [0.15, 0.2) is 0 Å². The van der Waals surface area contributed by atoms with Gasteiger partial charge in [-0.1, -0.05) is 36.4 Å². The molecule has 2 bridgehead atoms. The third-order valence-electron chi connectivity index (χ3n) is 7.34. The summed E-state index contributed by atoms with van der Waals surface area (Å²) in [6.45, 7) is 7.18. The van der Waals surface area contributed by atoms with Crippen molar-refractivity contribution in [3.05, 3.63) is 72.3 Å². The van der Waals surface area contributed by atoms with Crippen molar-refractivity contribution < 1.29 is 0 Å². The second-order valence-electron chi connectivity index (χ2n) is 9.00. The van der Waals surface area contributed by atoms with Crippen LogP contribution in [0.5, 0.6) is 0 Å². The number of hydrogen-bond donors (Lipinski definition) is 0.